The Labute approximate surface area is 184 Å². The van der Waals surface area contributed by atoms with Crippen molar-refractivity contribution in [1.29, 1.82) is 0 Å². The van der Waals surface area contributed by atoms with Crippen molar-refractivity contribution in [3.63, 3.8) is 0 Å². The molecule has 0 spiro atoms. The van der Waals surface area contributed by atoms with Crippen LogP contribution >= 0.6 is 11.6 Å². The average molecular weight is 468 g/mol. The van der Waals surface area contributed by atoms with Gasteiger partial charge in [0.25, 0.3) is 0 Å². The van der Waals surface area contributed by atoms with E-state index in [1.165, 1.54) is 6.20 Å². The molecule has 7 nitrogen and oxygen atoms in total. The molecule has 1 aromatic carbocycles. The van der Waals surface area contributed by atoms with Crippen LogP contribution in [0.2, 0.25) is 5.02 Å². The number of aromatic nitrogens is 1. The van der Waals surface area contributed by atoms with Crippen molar-refractivity contribution in [2.24, 2.45) is 0 Å². The standard InChI is InChI=1S/C21H23ClFN3O4S/c1-24-8-12-5-6-25(9-12)20-16(23)7-14-19(18(20)22)26(13-3-4-13)10-15(21(14)28)17(27)11-31(2,29)30/h5,7,10,13,24H,3-4,6,8-9,11H2,1-2H3. The minimum Gasteiger partial charge on any atom is -0.360 e. The zero-order valence-corrected chi connectivity index (χ0v) is 18.8. The number of ketones is 1. The molecule has 1 saturated carbocycles. The maximum absolute atomic E-state index is 15.2. The van der Waals surface area contributed by atoms with Gasteiger partial charge in [0.15, 0.2) is 21.0 Å². The maximum Gasteiger partial charge on any atom is 0.200 e. The number of rotatable bonds is 7. The SMILES string of the molecule is CNCC1=CCN(c2c(F)cc3c(=O)c(C(=O)CS(C)(=O)=O)cn(C4CC4)c3c2Cl)C1. The minimum atomic E-state index is -3.62. The van der Waals surface area contributed by atoms with Crippen LogP contribution in [0.5, 0.6) is 0 Å². The molecular weight excluding hydrogens is 445 g/mol. The molecule has 1 fully saturated rings. The molecule has 1 aromatic heterocycles. The highest BCUT2D eigenvalue weighted by atomic mass is 35.5. The lowest BCUT2D eigenvalue weighted by atomic mass is 10.1. The van der Waals surface area contributed by atoms with Crippen LogP contribution in [0.1, 0.15) is 29.2 Å². The molecule has 1 aliphatic carbocycles. The number of sulfone groups is 1. The largest absolute Gasteiger partial charge is 0.360 e. The summed E-state index contributed by atoms with van der Waals surface area (Å²) in [5.41, 5.74) is 0.749. The number of hydrogen-bond donors (Lipinski definition) is 1. The van der Waals surface area contributed by atoms with Crippen molar-refractivity contribution in [1.82, 2.24) is 9.88 Å². The molecule has 2 heterocycles. The molecule has 0 unspecified atom stereocenters. The Morgan fingerprint density at radius 1 is 1.35 bits per heavy atom. The first-order valence-electron chi connectivity index (χ1n) is 9.96. The molecule has 1 aliphatic heterocycles. The minimum absolute atomic E-state index is 0.0138. The highest BCUT2D eigenvalue weighted by Crippen LogP contribution is 2.42. The zero-order chi connectivity index (χ0) is 22.5. The fourth-order valence-corrected chi connectivity index (χ4v) is 5.06. The first-order chi connectivity index (χ1) is 14.6. The molecule has 0 radical (unpaired) electrons. The normalized spacial score (nSPS) is 16.8. The Balaban J connectivity index is 1.88. The number of anilines is 1. The van der Waals surface area contributed by atoms with Crippen LogP contribution in [0, 0.1) is 5.82 Å². The van der Waals surface area contributed by atoms with Crippen molar-refractivity contribution in [2.45, 2.75) is 18.9 Å². The number of halogens is 2. The van der Waals surface area contributed by atoms with Crippen molar-refractivity contribution in [3.8, 4) is 0 Å². The number of fused-ring (bicyclic) bond motifs is 1. The van der Waals surface area contributed by atoms with E-state index in [-0.39, 0.29) is 27.7 Å². The Morgan fingerprint density at radius 3 is 2.68 bits per heavy atom. The van der Waals surface area contributed by atoms with Crippen LogP contribution in [-0.2, 0) is 9.84 Å². The lowest BCUT2D eigenvalue weighted by Gasteiger charge is -2.23. The number of Topliss-reactive ketones (excluding diaryl/α,β-unsaturated/α-hetero) is 1. The monoisotopic (exact) mass is 467 g/mol. The number of likely N-dealkylation sites (N-methyl/N-ethyl adjacent to an activating group) is 1. The van der Waals surface area contributed by atoms with Crippen LogP contribution in [0.25, 0.3) is 10.9 Å². The second kappa shape index (κ2) is 8.03. The van der Waals surface area contributed by atoms with E-state index in [1.54, 1.807) is 4.57 Å². The molecule has 166 valence electrons. The first kappa shape index (κ1) is 22.0. The molecule has 0 atom stereocenters. The number of pyridine rings is 1. The third-order valence-electron chi connectivity index (χ3n) is 5.53. The maximum atomic E-state index is 15.2. The highest BCUT2D eigenvalue weighted by molar-refractivity contribution is 7.91. The van der Waals surface area contributed by atoms with Gasteiger partial charge in [0, 0.05) is 38.1 Å². The van der Waals surface area contributed by atoms with Gasteiger partial charge in [-0.05, 0) is 31.5 Å². The third-order valence-corrected chi connectivity index (χ3v) is 6.68. The quantitative estimate of drug-likeness (QED) is 0.496. The predicted molar refractivity (Wildman–Crippen MR) is 120 cm³/mol. The number of carbonyl (C=O) groups excluding carboxylic acids is 1. The van der Waals surface area contributed by atoms with Gasteiger partial charge in [-0.3, -0.25) is 9.59 Å². The summed E-state index contributed by atoms with van der Waals surface area (Å²) in [6.45, 7) is 1.70. The van der Waals surface area contributed by atoms with E-state index >= 15 is 4.39 Å². The molecule has 1 N–H and O–H groups in total. The van der Waals surface area contributed by atoms with Gasteiger partial charge in [-0.15, -0.1) is 0 Å². The molecular formula is C21H23ClFN3O4S. The van der Waals surface area contributed by atoms with Gasteiger partial charge in [0.05, 0.1) is 27.2 Å². The van der Waals surface area contributed by atoms with Gasteiger partial charge in [-0.25, -0.2) is 12.8 Å². The molecule has 0 bridgehead atoms. The summed E-state index contributed by atoms with van der Waals surface area (Å²) in [7, 11) is -1.78. The van der Waals surface area contributed by atoms with Crippen LogP contribution < -0.4 is 15.6 Å². The van der Waals surface area contributed by atoms with Gasteiger partial charge < -0.3 is 14.8 Å². The van der Waals surface area contributed by atoms with Gasteiger partial charge in [-0.1, -0.05) is 17.7 Å². The van der Waals surface area contributed by atoms with Gasteiger partial charge >= 0.3 is 0 Å². The van der Waals surface area contributed by atoms with Crippen LogP contribution in [-0.4, -0.2) is 57.5 Å². The molecule has 4 rings (SSSR count). The van der Waals surface area contributed by atoms with Crippen molar-refractivity contribution in [2.75, 3.05) is 43.6 Å². The van der Waals surface area contributed by atoms with E-state index in [0.29, 0.717) is 25.2 Å². The van der Waals surface area contributed by atoms with Crippen molar-refractivity contribution < 1.29 is 17.6 Å². The molecule has 0 saturated heterocycles. The summed E-state index contributed by atoms with van der Waals surface area (Å²) in [5, 5.41) is 3.18. The number of carbonyl (C=O) groups is 1. The van der Waals surface area contributed by atoms with Gasteiger partial charge in [-0.2, -0.15) is 0 Å². The second-order valence-electron chi connectivity index (χ2n) is 8.19. The van der Waals surface area contributed by atoms with E-state index in [0.717, 1.165) is 30.7 Å². The predicted octanol–water partition coefficient (Wildman–Crippen LogP) is 2.32. The highest BCUT2D eigenvalue weighted by Gasteiger charge is 2.31. The van der Waals surface area contributed by atoms with E-state index in [2.05, 4.69) is 5.32 Å². The fraction of sp³-hybridized carbons (Fsp3) is 0.429. The van der Waals surface area contributed by atoms with Crippen LogP contribution in [0.3, 0.4) is 0 Å². The smallest absolute Gasteiger partial charge is 0.200 e. The molecule has 31 heavy (non-hydrogen) atoms. The average Bonchev–Trinajstić information content (AvgIpc) is 3.41. The number of nitrogens with zero attached hydrogens (tertiary/aromatic N) is 2. The molecule has 0 amide bonds. The number of hydrogen-bond acceptors (Lipinski definition) is 6. The second-order valence-corrected chi connectivity index (χ2v) is 10.7. The van der Waals surface area contributed by atoms with Gasteiger partial charge in [0.2, 0.25) is 0 Å². The van der Waals surface area contributed by atoms with Crippen molar-refractivity contribution in [3.05, 3.63) is 50.5 Å². The summed E-state index contributed by atoms with van der Waals surface area (Å²) < 4.78 is 40.1. The topological polar surface area (TPSA) is 88.5 Å². The number of benzene rings is 1. The summed E-state index contributed by atoms with van der Waals surface area (Å²) in [6, 6.07) is 1.14. The van der Waals surface area contributed by atoms with E-state index in [9.17, 15) is 18.0 Å². The van der Waals surface area contributed by atoms with E-state index < -0.39 is 32.6 Å². The first-order valence-corrected chi connectivity index (χ1v) is 12.4. The van der Waals surface area contributed by atoms with Crippen molar-refractivity contribution >= 4 is 43.8 Å². The zero-order valence-electron chi connectivity index (χ0n) is 17.2. The van der Waals surface area contributed by atoms with E-state index in [4.69, 9.17) is 11.6 Å². The fourth-order valence-electron chi connectivity index (χ4n) is 4.02. The Morgan fingerprint density at radius 2 is 2.06 bits per heavy atom. The summed E-state index contributed by atoms with van der Waals surface area (Å²) in [6.07, 6.45) is 5.99. The van der Waals surface area contributed by atoms with Crippen LogP contribution in [0.4, 0.5) is 10.1 Å². The summed E-state index contributed by atoms with van der Waals surface area (Å²) in [5.74, 6) is -2.23. The van der Waals surface area contributed by atoms with Crippen LogP contribution in [0.15, 0.2) is 28.7 Å². The molecule has 2 aromatic rings. The van der Waals surface area contributed by atoms with E-state index in [1.807, 2.05) is 18.0 Å². The number of nitrogens with one attached hydrogen (secondary N) is 1. The Bertz CT molecular complexity index is 1280. The molecule has 10 heteroatoms. The lowest BCUT2D eigenvalue weighted by Crippen LogP contribution is -2.26. The molecule has 2 aliphatic rings. The summed E-state index contributed by atoms with van der Waals surface area (Å²) >= 11 is 6.68. The Kier molecular flexibility index (Phi) is 5.70. The Hall–Kier alpha value is -2.23. The van der Waals surface area contributed by atoms with Gasteiger partial charge in [0.1, 0.15) is 11.6 Å². The third kappa shape index (κ3) is 4.26. The lowest BCUT2D eigenvalue weighted by molar-refractivity contribution is 0.101. The summed E-state index contributed by atoms with van der Waals surface area (Å²) in [4.78, 5) is 27.4.